The lowest BCUT2D eigenvalue weighted by Crippen LogP contribution is -2.64. The molecule has 0 aromatic heterocycles. The van der Waals surface area contributed by atoms with Crippen LogP contribution in [-0.4, -0.2) is 98.3 Å². The smallest absolute Gasteiger partial charge is 0.462 e. The number of allylic oxidation sites excluding steroid dienone is 6. The molecule has 0 aromatic carbocycles. The Hall–Kier alpha value is -1.93. The lowest BCUT2D eigenvalue weighted by Gasteiger charge is -2.41. The van der Waals surface area contributed by atoms with E-state index in [-0.39, 0.29) is 12.8 Å². The predicted octanol–water partition coefficient (Wildman–Crippen LogP) is 9.39. The van der Waals surface area contributed by atoms with E-state index in [2.05, 4.69) is 50.3 Å². The van der Waals surface area contributed by atoms with Gasteiger partial charge in [-0.05, 0) is 70.6 Å². The van der Waals surface area contributed by atoms with Crippen LogP contribution in [0.15, 0.2) is 36.5 Å². The summed E-state index contributed by atoms with van der Waals surface area (Å²) in [4.78, 5) is 35.7. The van der Waals surface area contributed by atoms with Gasteiger partial charge in [-0.1, -0.05) is 147 Å². The molecule has 356 valence electrons. The minimum absolute atomic E-state index is 0.0801. The number of esters is 2. The third-order valence-electron chi connectivity index (χ3n) is 11.0. The van der Waals surface area contributed by atoms with Gasteiger partial charge in [0.25, 0.3) is 0 Å². The maximum atomic E-state index is 12.8. The molecule has 6 N–H and O–H groups in total. The van der Waals surface area contributed by atoms with Crippen LogP contribution in [0.2, 0.25) is 0 Å². The van der Waals surface area contributed by atoms with E-state index < -0.39 is 75.7 Å². The first-order valence-electron chi connectivity index (χ1n) is 23.8. The second-order valence-corrected chi connectivity index (χ2v) is 18.0. The van der Waals surface area contributed by atoms with Crippen LogP contribution < -0.4 is 0 Å². The maximum absolute atomic E-state index is 12.8. The van der Waals surface area contributed by atoms with E-state index in [1.54, 1.807) is 0 Å². The maximum Gasteiger partial charge on any atom is 0.472 e. The number of carbonyl (C=O) groups is 2. The van der Waals surface area contributed by atoms with Gasteiger partial charge in [-0.25, -0.2) is 4.57 Å². The molecule has 0 amide bonds. The number of rotatable bonds is 39. The molecule has 1 saturated carbocycles. The molecule has 1 fully saturated rings. The first kappa shape index (κ1) is 57.1. The van der Waals surface area contributed by atoms with Gasteiger partial charge < -0.3 is 39.9 Å². The molecule has 6 unspecified atom stereocenters. The van der Waals surface area contributed by atoms with Crippen LogP contribution in [0.1, 0.15) is 194 Å². The second-order valence-electron chi connectivity index (χ2n) is 16.6. The highest BCUT2D eigenvalue weighted by molar-refractivity contribution is 7.47. The van der Waals surface area contributed by atoms with Gasteiger partial charge in [0.15, 0.2) is 6.10 Å². The zero-order chi connectivity index (χ0) is 45.0. The summed E-state index contributed by atoms with van der Waals surface area (Å²) in [6.45, 7) is 3.26. The Morgan fingerprint density at radius 1 is 0.508 bits per heavy atom. The number of phosphoric acid groups is 1. The minimum Gasteiger partial charge on any atom is -0.462 e. The lowest BCUT2D eigenvalue weighted by atomic mass is 9.85. The molecule has 0 radical (unpaired) electrons. The molecule has 1 aliphatic carbocycles. The van der Waals surface area contributed by atoms with Crippen molar-refractivity contribution in [2.75, 3.05) is 13.2 Å². The minimum atomic E-state index is -5.12. The first-order chi connectivity index (χ1) is 29.4. The number of aliphatic hydroxyl groups excluding tert-OH is 5. The van der Waals surface area contributed by atoms with Gasteiger partial charge in [0, 0.05) is 12.8 Å². The quantitative estimate of drug-likeness (QED) is 0.0147. The number of aliphatic hydroxyl groups is 5. The molecule has 0 aliphatic heterocycles. The fourth-order valence-electron chi connectivity index (χ4n) is 7.08. The highest BCUT2D eigenvalue weighted by Crippen LogP contribution is 2.47. The standard InChI is InChI=1S/C47H85O13P/c1-3-5-7-9-11-13-15-17-19-20-22-23-25-27-29-31-33-35-40(48)57-37-39(38-58-61(55,56)60-47-45(53)43(51)42(50)44(52)46(47)54)59-41(49)36-34-32-30-28-26-24-21-18-16-14-12-10-8-6-4-2/h12,14,17-19,21,39,42-47,50-54H,3-11,13,15-16,20,22-38H2,1-2H3,(H,55,56)/t39-,42?,43-,44?,45?,46?,47?/m1/s1. The first-order valence-corrected chi connectivity index (χ1v) is 25.3. The largest absolute Gasteiger partial charge is 0.472 e. The van der Waals surface area contributed by atoms with Crippen molar-refractivity contribution in [2.45, 2.75) is 236 Å². The highest BCUT2D eigenvalue weighted by atomic mass is 31.2. The van der Waals surface area contributed by atoms with Crippen LogP contribution in [0.25, 0.3) is 0 Å². The van der Waals surface area contributed by atoms with Crippen molar-refractivity contribution in [3.63, 3.8) is 0 Å². The number of phosphoric ester groups is 1. The van der Waals surface area contributed by atoms with E-state index >= 15 is 0 Å². The Balaban J connectivity index is 2.45. The predicted molar refractivity (Wildman–Crippen MR) is 240 cm³/mol. The number of hydrogen-bond acceptors (Lipinski definition) is 12. The molecule has 61 heavy (non-hydrogen) atoms. The molecule has 13 nitrogen and oxygen atoms in total. The van der Waals surface area contributed by atoms with Crippen molar-refractivity contribution >= 4 is 19.8 Å². The summed E-state index contributed by atoms with van der Waals surface area (Å²) in [7, 11) is -5.12. The third kappa shape index (κ3) is 30.0. The molecule has 8 atom stereocenters. The Bertz CT molecular complexity index is 1210. The van der Waals surface area contributed by atoms with Crippen molar-refractivity contribution in [2.24, 2.45) is 0 Å². The van der Waals surface area contributed by atoms with Crippen molar-refractivity contribution in [1.82, 2.24) is 0 Å². The zero-order valence-electron chi connectivity index (χ0n) is 37.7. The fourth-order valence-corrected chi connectivity index (χ4v) is 8.05. The molecule has 0 saturated heterocycles. The molecular formula is C47H85O13P. The highest BCUT2D eigenvalue weighted by Gasteiger charge is 2.51. The molecule has 0 aromatic rings. The zero-order valence-corrected chi connectivity index (χ0v) is 38.6. The van der Waals surface area contributed by atoms with Gasteiger partial charge in [0.05, 0.1) is 6.61 Å². The van der Waals surface area contributed by atoms with Crippen molar-refractivity contribution in [3.8, 4) is 0 Å². The topological polar surface area (TPSA) is 210 Å². The summed E-state index contributed by atoms with van der Waals surface area (Å²) in [5.74, 6) is -1.12. The van der Waals surface area contributed by atoms with E-state index in [0.717, 1.165) is 77.0 Å². The second kappa shape index (κ2) is 37.4. The Kier molecular flexibility index (Phi) is 35.0. The van der Waals surface area contributed by atoms with Gasteiger partial charge in [-0.15, -0.1) is 0 Å². The molecule has 0 bridgehead atoms. The van der Waals surface area contributed by atoms with Crippen molar-refractivity contribution in [3.05, 3.63) is 36.5 Å². The molecule has 0 heterocycles. The normalized spacial score (nSPS) is 22.3. The van der Waals surface area contributed by atoms with E-state index in [0.29, 0.717) is 12.8 Å². The van der Waals surface area contributed by atoms with Crippen LogP contribution >= 0.6 is 7.82 Å². The van der Waals surface area contributed by atoms with Gasteiger partial charge >= 0.3 is 19.8 Å². The Labute approximate surface area is 368 Å². The third-order valence-corrected chi connectivity index (χ3v) is 11.9. The Morgan fingerprint density at radius 2 is 0.885 bits per heavy atom. The molecule has 1 aliphatic rings. The van der Waals surface area contributed by atoms with Gasteiger partial charge in [-0.3, -0.25) is 18.6 Å². The molecule has 0 spiro atoms. The van der Waals surface area contributed by atoms with E-state index in [1.165, 1.54) is 77.0 Å². The molecule has 1 rings (SSSR count). The number of hydrogen-bond donors (Lipinski definition) is 6. The van der Waals surface area contributed by atoms with Crippen LogP contribution in [-0.2, 0) is 32.7 Å². The summed E-state index contributed by atoms with van der Waals surface area (Å²) < 4.78 is 33.5. The fraction of sp³-hybridized carbons (Fsp3) is 0.830. The lowest BCUT2D eigenvalue weighted by molar-refractivity contribution is -0.220. The summed E-state index contributed by atoms with van der Waals surface area (Å²) in [6.07, 6.45) is 29.1. The monoisotopic (exact) mass is 889 g/mol. The van der Waals surface area contributed by atoms with Crippen LogP contribution in [0, 0.1) is 0 Å². The SMILES string of the molecule is CCCCCC=CCC=CCCCCCCCC(=O)O[C@H](COC(=O)CCCCCCCCCC=CCCCCCCCC)COP(=O)(O)OC1C(O)C(O)C(O)[C@@H](O)C1O. The summed E-state index contributed by atoms with van der Waals surface area (Å²) >= 11 is 0. The van der Waals surface area contributed by atoms with Gasteiger partial charge in [0.2, 0.25) is 0 Å². The van der Waals surface area contributed by atoms with Crippen molar-refractivity contribution in [1.29, 1.82) is 0 Å². The summed E-state index contributed by atoms with van der Waals surface area (Å²) in [6, 6.07) is 0. The van der Waals surface area contributed by atoms with Crippen molar-refractivity contribution < 1.29 is 63.1 Å². The number of unbranched alkanes of at least 4 members (excludes halogenated alkanes) is 21. The number of carbonyl (C=O) groups excluding carboxylic acids is 2. The van der Waals surface area contributed by atoms with E-state index in [9.17, 15) is 44.6 Å². The summed E-state index contributed by atoms with van der Waals surface area (Å²) in [5.41, 5.74) is 0. The van der Waals surface area contributed by atoms with Crippen LogP contribution in [0.3, 0.4) is 0 Å². The van der Waals surface area contributed by atoms with Gasteiger partial charge in [0.1, 0.15) is 43.2 Å². The average Bonchev–Trinajstić information content (AvgIpc) is 3.24. The van der Waals surface area contributed by atoms with Crippen LogP contribution in [0.5, 0.6) is 0 Å². The molecular weight excluding hydrogens is 803 g/mol. The Morgan fingerprint density at radius 3 is 1.38 bits per heavy atom. The van der Waals surface area contributed by atoms with E-state index in [4.69, 9.17) is 18.5 Å². The number of ether oxygens (including phenoxy) is 2. The van der Waals surface area contributed by atoms with Crippen LogP contribution in [0.4, 0.5) is 0 Å². The summed E-state index contributed by atoms with van der Waals surface area (Å²) in [5, 5.41) is 50.2. The average molecular weight is 889 g/mol. The van der Waals surface area contributed by atoms with E-state index in [1.807, 2.05) is 0 Å². The van der Waals surface area contributed by atoms with Gasteiger partial charge in [-0.2, -0.15) is 0 Å². The molecule has 14 heteroatoms.